The number of amides is 1. The second-order valence-electron chi connectivity index (χ2n) is 6.42. The maximum absolute atomic E-state index is 12.1. The summed E-state index contributed by atoms with van der Waals surface area (Å²) in [5.74, 6) is 0.552. The summed E-state index contributed by atoms with van der Waals surface area (Å²) in [6.07, 6.45) is 0. The van der Waals surface area contributed by atoms with E-state index in [2.05, 4.69) is 32.9 Å². The zero-order valence-corrected chi connectivity index (χ0v) is 15.3. The van der Waals surface area contributed by atoms with Gasteiger partial charge in [0.05, 0.1) is 0 Å². The van der Waals surface area contributed by atoms with Crippen LogP contribution in [0.25, 0.3) is 22.6 Å². The van der Waals surface area contributed by atoms with Gasteiger partial charge < -0.3 is 9.73 Å². The zero-order valence-electron chi connectivity index (χ0n) is 13.2. The van der Waals surface area contributed by atoms with E-state index in [9.17, 15) is 4.79 Å². The average Bonchev–Trinajstić information content (AvgIpc) is 2.89. The van der Waals surface area contributed by atoms with Crippen LogP contribution in [0.4, 0.5) is 5.69 Å². The number of carbonyl (C=O) groups is 1. The highest BCUT2D eigenvalue weighted by Gasteiger charge is 2.21. The lowest BCUT2D eigenvalue weighted by Crippen LogP contribution is -2.27. The van der Waals surface area contributed by atoms with Gasteiger partial charge in [-0.1, -0.05) is 26.8 Å². The quantitative estimate of drug-likeness (QED) is 0.588. The van der Waals surface area contributed by atoms with Gasteiger partial charge in [-0.2, -0.15) is 0 Å². The molecule has 0 aliphatic carbocycles. The molecule has 0 bridgehead atoms. The molecule has 0 saturated carbocycles. The highest BCUT2D eigenvalue weighted by Crippen LogP contribution is 2.27. The normalized spacial score (nSPS) is 11.7. The van der Waals surface area contributed by atoms with Crippen molar-refractivity contribution >= 4 is 45.3 Å². The summed E-state index contributed by atoms with van der Waals surface area (Å²) >= 11 is 2.26. The number of carbonyl (C=O) groups excluding carboxylic acids is 1. The largest absolute Gasteiger partial charge is 0.436 e. The predicted molar refractivity (Wildman–Crippen MR) is 100 cm³/mol. The third-order valence-electron chi connectivity index (χ3n) is 3.40. The van der Waals surface area contributed by atoms with Crippen LogP contribution in [-0.2, 0) is 4.79 Å². The number of aromatic nitrogens is 1. The first-order valence-corrected chi connectivity index (χ1v) is 8.39. The van der Waals surface area contributed by atoms with E-state index < -0.39 is 5.41 Å². The number of rotatable bonds is 2. The molecule has 0 saturated heterocycles. The highest BCUT2D eigenvalue weighted by molar-refractivity contribution is 14.1. The molecule has 0 fully saturated rings. The molecule has 1 N–H and O–H groups in total. The van der Waals surface area contributed by atoms with Crippen LogP contribution in [0.3, 0.4) is 0 Å². The van der Waals surface area contributed by atoms with E-state index in [4.69, 9.17) is 4.42 Å². The number of anilines is 1. The summed E-state index contributed by atoms with van der Waals surface area (Å²) in [5.41, 5.74) is 2.65. The Balaban J connectivity index is 1.94. The molecule has 0 spiro atoms. The number of nitrogens with zero attached hydrogens (tertiary/aromatic N) is 1. The molecule has 1 aromatic heterocycles. The minimum Gasteiger partial charge on any atom is -0.436 e. The predicted octanol–water partition coefficient (Wildman–Crippen LogP) is 5.08. The lowest BCUT2D eigenvalue weighted by atomic mass is 9.95. The zero-order chi connectivity index (χ0) is 16.6. The van der Waals surface area contributed by atoms with Crippen LogP contribution in [-0.4, -0.2) is 10.9 Å². The maximum Gasteiger partial charge on any atom is 0.229 e. The first kappa shape index (κ1) is 16.0. The van der Waals surface area contributed by atoms with E-state index in [1.807, 2.05) is 63.2 Å². The molecule has 118 valence electrons. The molecule has 0 unspecified atom stereocenters. The fourth-order valence-corrected chi connectivity index (χ4v) is 2.61. The standard InChI is InChI=1S/C18H17IN2O2/c1-18(2,3)17(22)20-13-7-8-15-14(10-13)21-16(23-15)11-5-4-6-12(19)9-11/h4-10H,1-3H3,(H,20,22). The molecule has 23 heavy (non-hydrogen) atoms. The minimum atomic E-state index is -0.440. The van der Waals surface area contributed by atoms with Gasteiger partial charge in [0.25, 0.3) is 0 Å². The van der Waals surface area contributed by atoms with Crippen molar-refractivity contribution in [2.45, 2.75) is 20.8 Å². The van der Waals surface area contributed by atoms with E-state index in [-0.39, 0.29) is 5.91 Å². The van der Waals surface area contributed by atoms with Crippen molar-refractivity contribution in [3.8, 4) is 11.5 Å². The number of hydrogen-bond donors (Lipinski definition) is 1. The SMILES string of the molecule is CC(C)(C)C(=O)Nc1ccc2oc(-c3cccc(I)c3)nc2c1. The topological polar surface area (TPSA) is 55.1 Å². The van der Waals surface area contributed by atoms with Gasteiger partial charge >= 0.3 is 0 Å². The molecule has 0 radical (unpaired) electrons. The summed E-state index contributed by atoms with van der Waals surface area (Å²) in [7, 11) is 0. The summed E-state index contributed by atoms with van der Waals surface area (Å²) in [5, 5.41) is 2.91. The van der Waals surface area contributed by atoms with Gasteiger partial charge in [-0.15, -0.1) is 0 Å². The van der Waals surface area contributed by atoms with Gasteiger partial charge in [-0.25, -0.2) is 4.98 Å². The number of nitrogens with one attached hydrogen (secondary N) is 1. The lowest BCUT2D eigenvalue weighted by molar-refractivity contribution is -0.123. The van der Waals surface area contributed by atoms with Crippen molar-refractivity contribution in [3.63, 3.8) is 0 Å². The molecule has 3 aromatic rings. The number of oxazole rings is 1. The van der Waals surface area contributed by atoms with Crippen molar-refractivity contribution in [1.82, 2.24) is 4.98 Å². The van der Waals surface area contributed by atoms with Crippen LogP contribution in [0.1, 0.15) is 20.8 Å². The third kappa shape index (κ3) is 3.55. The van der Waals surface area contributed by atoms with E-state index >= 15 is 0 Å². The van der Waals surface area contributed by atoms with Gasteiger partial charge in [0.15, 0.2) is 5.58 Å². The van der Waals surface area contributed by atoms with Crippen LogP contribution in [0, 0.1) is 8.99 Å². The van der Waals surface area contributed by atoms with Crippen molar-refractivity contribution in [1.29, 1.82) is 0 Å². The van der Waals surface area contributed by atoms with Gasteiger partial charge in [0.1, 0.15) is 5.52 Å². The van der Waals surface area contributed by atoms with Gasteiger partial charge in [-0.3, -0.25) is 4.79 Å². The molecule has 3 rings (SSSR count). The first-order chi connectivity index (χ1) is 10.8. The van der Waals surface area contributed by atoms with Crippen LogP contribution < -0.4 is 5.32 Å². The van der Waals surface area contributed by atoms with Crippen molar-refractivity contribution in [3.05, 3.63) is 46.0 Å². The van der Waals surface area contributed by atoms with Crippen molar-refractivity contribution < 1.29 is 9.21 Å². The van der Waals surface area contributed by atoms with Gasteiger partial charge in [-0.05, 0) is 59.0 Å². The Morgan fingerprint density at radius 3 is 2.65 bits per heavy atom. The number of hydrogen-bond acceptors (Lipinski definition) is 3. The summed E-state index contributed by atoms with van der Waals surface area (Å²) in [6, 6.07) is 13.5. The number of halogens is 1. The summed E-state index contributed by atoms with van der Waals surface area (Å²) in [4.78, 5) is 16.6. The Morgan fingerprint density at radius 2 is 1.96 bits per heavy atom. The molecule has 5 heteroatoms. The van der Waals surface area contributed by atoms with Crippen molar-refractivity contribution in [2.24, 2.45) is 5.41 Å². The fraction of sp³-hybridized carbons (Fsp3) is 0.222. The van der Waals surface area contributed by atoms with Crippen LogP contribution in [0.15, 0.2) is 46.9 Å². The molecule has 0 aliphatic heterocycles. The molecule has 1 heterocycles. The van der Waals surface area contributed by atoms with E-state index in [0.29, 0.717) is 11.5 Å². The van der Waals surface area contributed by atoms with Crippen LogP contribution in [0.2, 0.25) is 0 Å². The highest BCUT2D eigenvalue weighted by atomic mass is 127. The van der Waals surface area contributed by atoms with E-state index in [0.717, 1.165) is 20.3 Å². The van der Waals surface area contributed by atoms with E-state index in [1.165, 1.54) is 0 Å². The van der Waals surface area contributed by atoms with Crippen LogP contribution >= 0.6 is 22.6 Å². The first-order valence-electron chi connectivity index (χ1n) is 7.31. The van der Waals surface area contributed by atoms with Crippen LogP contribution in [0.5, 0.6) is 0 Å². The average molecular weight is 420 g/mol. The molecule has 0 aliphatic rings. The monoisotopic (exact) mass is 420 g/mol. The Kier molecular flexibility index (Phi) is 4.14. The Hall–Kier alpha value is -1.89. The molecular formula is C18H17IN2O2. The Bertz CT molecular complexity index is 878. The van der Waals surface area contributed by atoms with Gasteiger partial charge in [0.2, 0.25) is 11.8 Å². The lowest BCUT2D eigenvalue weighted by Gasteiger charge is -2.17. The molecule has 4 nitrogen and oxygen atoms in total. The minimum absolute atomic E-state index is 0.0295. The molecular weight excluding hydrogens is 403 g/mol. The summed E-state index contributed by atoms with van der Waals surface area (Å²) in [6.45, 7) is 5.64. The molecule has 2 aromatic carbocycles. The Morgan fingerprint density at radius 1 is 1.17 bits per heavy atom. The molecule has 1 amide bonds. The molecule has 0 atom stereocenters. The summed E-state index contributed by atoms with van der Waals surface area (Å²) < 4.78 is 6.93. The van der Waals surface area contributed by atoms with E-state index in [1.54, 1.807) is 0 Å². The maximum atomic E-state index is 12.1. The third-order valence-corrected chi connectivity index (χ3v) is 4.07. The fourth-order valence-electron chi connectivity index (χ4n) is 2.07. The number of benzene rings is 2. The Labute approximate surface area is 148 Å². The number of fused-ring (bicyclic) bond motifs is 1. The second kappa shape index (κ2) is 5.96. The second-order valence-corrected chi connectivity index (χ2v) is 7.66. The van der Waals surface area contributed by atoms with Crippen molar-refractivity contribution in [2.75, 3.05) is 5.32 Å². The van der Waals surface area contributed by atoms with Gasteiger partial charge in [0, 0.05) is 20.2 Å². The smallest absolute Gasteiger partial charge is 0.229 e.